The lowest BCUT2D eigenvalue weighted by molar-refractivity contribution is -0.142. The van der Waals surface area contributed by atoms with Crippen LogP contribution in [0.1, 0.15) is 31.4 Å². The predicted octanol–water partition coefficient (Wildman–Crippen LogP) is 3.13. The van der Waals surface area contributed by atoms with Gasteiger partial charge in [-0.2, -0.15) is 5.26 Å². The van der Waals surface area contributed by atoms with Gasteiger partial charge in [0.1, 0.15) is 5.25 Å². The number of hydrogen-bond donors (Lipinski definition) is 0. The van der Waals surface area contributed by atoms with Crippen molar-refractivity contribution in [3.05, 3.63) is 35.4 Å². The molecular weight excluding hydrogens is 246 g/mol. The fourth-order valence-electron chi connectivity index (χ4n) is 1.53. The third kappa shape index (κ3) is 4.08. The summed E-state index contributed by atoms with van der Waals surface area (Å²) in [6, 6.07) is 9.62. The number of nitrogens with zero attached hydrogens (tertiary/aromatic N) is 1. The van der Waals surface area contributed by atoms with Crippen molar-refractivity contribution in [3.63, 3.8) is 0 Å². The summed E-state index contributed by atoms with van der Waals surface area (Å²) < 4.78 is 5.02. The third-order valence-electron chi connectivity index (χ3n) is 2.50. The third-order valence-corrected chi connectivity index (χ3v) is 3.90. The molecule has 0 aliphatic rings. The molecule has 0 aromatic heterocycles. The van der Waals surface area contributed by atoms with E-state index in [-0.39, 0.29) is 11.2 Å². The minimum Gasteiger partial charge on any atom is -0.465 e. The summed E-state index contributed by atoms with van der Waals surface area (Å²) in [4.78, 5) is 11.6. The highest BCUT2D eigenvalue weighted by atomic mass is 32.2. The highest BCUT2D eigenvalue weighted by molar-refractivity contribution is 7.99. The molecule has 0 saturated heterocycles. The van der Waals surface area contributed by atoms with Gasteiger partial charge in [0.15, 0.2) is 0 Å². The van der Waals surface area contributed by atoms with E-state index >= 15 is 0 Å². The molecule has 0 aliphatic heterocycles. The van der Waals surface area contributed by atoms with E-state index < -0.39 is 0 Å². The quantitative estimate of drug-likeness (QED) is 0.740. The Morgan fingerprint density at radius 2 is 2.17 bits per heavy atom. The lowest BCUT2D eigenvalue weighted by atomic mass is 10.1. The Morgan fingerprint density at radius 1 is 1.44 bits per heavy atom. The topological polar surface area (TPSA) is 50.1 Å². The van der Waals surface area contributed by atoms with Crippen LogP contribution in [0, 0.1) is 11.3 Å². The molecule has 0 saturated carbocycles. The van der Waals surface area contributed by atoms with Gasteiger partial charge < -0.3 is 4.74 Å². The lowest BCUT2D eigenvalue weighted by Crippen LogP contribution is -2.19. The van der Waals surface area contributed by atoms with Crippen LogP contribution in [0.15, 0.2) is 24.3 Å². The first-order valence-electron chi connectivity index (χ1n) is 5.99. The Balaban J connectivity index is 2.63. The minimum atomic E-state index is -0.167. The van der Waals surface area contributed by atoms with Gasteiger partial charge in [-0.15, -0.1) is 11.8 Å². The molecule has 18 heavy (non-hydrogen) atoms. The van der Waals surface area contributed by atoms with Crippen LogP contribution < -0.4 is 0 Å². The van der Waals surface area contributed by atoms with E-state index in [1.165, 1.54) is 11.8 Å². The summed E-state index contributed by atoms with van der Waals surface area (Å²) in [6.45, 7) is 4.18. The highest BCUT2D eigenvalue weighted by Gasteiger charge is 2.18. The molecule has 0 heterocycles. The predicted molar refractivity (Wildman–Crippen MR) is 73.2 cm³/mol. The first-order valence-corrected chi connectivity index (χ1v) is 7.04. The first-order chi connectivity index (χ1) is 8.72. The summed E-state index contributed by atoms with van der Waals surface area (Å²) in [6.07, 6.45) is 0.734. The van der Waals surface area contributed by atoms with Gasteiger partial charge in [-0.1, -0.05) is 25.1 Å². The van der Waals surface area contributed by atoms with Crippen molar-refractivity contribution in [3.8, 4) is 6.07 Å². The van der Waals surface area contributed by atoms with Crippen LogP contribution in [0.4, 0.5) is 0 Å². The molecule has 0 spiro atoms. The average molecular weight is 263 g/mol. The summed E-state index contributed by atoms with van der Waals surface area (Å²) in [5.74, 6) is 0.487. The van der Waals surface area contributed by atoms with Gasteiger partial charge in [0, 0.05) is 5.75 Å². The molecule has 0 N–H and O–H groups in total. The molecule has 1 aromatic rings. The molecule has 3 nitrogen and oxygen atoms in total. The van der Waals surface area contributed by atoms with Crippen molar-refractivity contribution < 1.29 is 9.53 Å². The number of esters is 1. The molecule has 1 unspecified atom stereocenters. The number of ether oxygens (including phenoxy) is 1. The standard InChI is InChI=1S/C14H17NO2S/c1-3-13(14(16)17-4-2)18-10-12-8-6-5-7-11(12)9-15/h5-8,13H,3-4,10H2,1-2H3. The van der Waals surface area contributed by atoms with E-state index in [1.54, 1.807) is 13.0 Å². The number of thioether (sulfide) groups is 1. The second kappa shape index (κ2) is 7.78. The molecule has 0 amide bonds. The molecule has 0 fully saturated rings. The first kappa shape index (κ1) is 14.6. The molecule has 0 bridgehead atoms. The van der Waals surface area contributed by atoms with Gasteiger partial charge >= 0.3 is 5.97 Å². The summed E-state index contributed by atoms with van der Waals surface area (Å²) in [5.41, 5.74) is 1.64. The molecule has 1 rings (SSSR count). The molecule has 4 heteroatoms. The Kier molecular flexibility index (Phi) is 6.31. The number of nitriles is 1. The van der Waals surface area contributed by atoms with Gasteiger partial charge in [-0.05, 0) is 25.0 Å². The zero-order chi connectivity index (χ0) is 13.4. The fraction of sp³-hybridized carbons (Fsp3) is 0.429. The van der Waals surface area contributed by atoms with E-state index in [1.807, 2.05) is 25.1 Å². The van der Waals surface area contributed by atoms with Crippen LogP contribution in [0.3, 0.4) is 0 Å². The van der Waals surface area contributed by atoms with Gasteiger partial charge in [0.25, 0.3) is 0 Å². The van der Waals surface area contributed by atoms with E-state index in [9.17, 15) is 4.79 Å². The number of carbonyl (C=O) groups excluding carboxylic acids is 1. The Labute approximate surface area is 112 Å². The number of rotatable bonds is 6. The van der Waals surface area contributed by atoms with Crippen molar-refractivity contribution in [1.29, 1.82) is 5.26 Å². The number of benzene rings is 1. The van der Waals surface area contributed by atoms with Gasteiger partial charge in [0.2, 0.25) is 0 Å². The van der Waals surface area contributed by atoms with Crippen molar-refractivity contribution >= 4 is 17.7 Å². The Hall–Kier alpha value is -1.47. The van der Waals surface area contributed by atoms with Crippen LogP contribution in [0.2, 0.25) is 0 Å². The SMILES string of the molecule is CCOC(=O)C(CC)SCc1ccccc1C#N. The Bertz CT molecular complexity index is 440. The molecule has 1 aromatic carbocycles. The molecule has 0 radical (unpaired) electrons. The smallest absolute Gasteiger partial charge is 0.319 e. The second-order valence-electron chi connectivity index (χ2n) is 3.73. The summed E-state index contributed by atoms with van der Waals surface area (Å²) in [5, 5.41) is 8.83. The molecule has 1 atom stereocenters. The summed E-state index contributed by atoms with van der Waals surface area (Å²) in [7, 11) is 0. The van der Waals surface area contributed by atoms with Gasteiger partial charge in [-0.25, -0.2) is 0 Å². The van der Waals surface area contributed by atoms with Crippen molar-refractivity contribution in [2.24, 2.45) is 0 Å². The van der Waals surface area contributed by atoms with Crippen LogP contribution in [0.5, 0.6) is 0 Å². The van der Waals surface area contributed by atoms with Crippen LogP contribution in [-0.4, -0.2) is 17.8 Å². The van der Waals surface area contributed by atoms with E-state index in [0.29, 0.717) is 17.9 Å². The molecule has 96 valence electrons. The van der Waals surface area contributed by atoms with Crippen molar-refractivity contribution in [1.82, 2.24) is 0 Å². The maximum atomic E-state index is 11.6. The molecular formula is C14H17NO2S. The van der Waals surface area contributed by atoms with E-state index in [2.05, 4.69) is 6.07 Å². The van der Waals surface area contributed by atoms with Crippen molar-refractivity contribution in [2.75, 3.05) is 6.61 Å². The van der Waals surface area contributed by atoms with Gasteiger partial charge in [0.05, 0.1) is 18.2 Å². The zero-order valence-electron chi connectivity index (χ0n) is 10.7. The Morgan fingerprint density at radius 3 is 2.78 bits per heavy atom. The average Bonchev–Trinajstić information content (AvgIpc) is 2.40. The monoisotopic (exact) mass is 263 g/mol. The number of hydrogen-bond acceptors (Lipinski definition) is 4. The van der Waals surface area contributed by atoms with Crippen LogP contribution in [0.25, 0.3) is 0 Å². The fourth-order valence-corrected chi connectivity index (χ4v) is 2.61. The van der Waals surface area contributed by atoms with Crippen LogP contribution >= 0.6 is 11.8 Å². The number of carbonyl (C=O) groups is 1. The lowest BCUT2D eigenvalue weighted by Gasteiger charge is -2.13. The minimum absolute atomic E-state index is 0.156. The molecule has 0 aliphatic carbocycles. The van der Waals surface area contributed by atoms with E-state index in [4.69, 9.17) is 10.00 Å². The largest absolute Gasteiger partial charge is 0.465 e. The van der Waals surface area contributed by atoms with E-state index in [0.717, 1.165) is 12.0 Å². The van der Waals surface area contributed by atoms with Crippen molar-refractivity contribution in [2.45, 2.75) is 31.3 Å². The van der Waals surface area contributed by atoms with Gasteiger partial charge in [-0.3, -0.25) is 4.79 Å². The highest BCUT2D eigenvalue weighted by Crippen LogP contribution is 2.23. The normalized spacial score (nSPS) is 11.6. The maximum absolute atomic E-state index is 11.6. The summed E-state index contributed by atoms with van der Waals surface area (Å²) >= 11 is 1.53. The van der Waals surface area contributed by atoms with Crippen LogP contribution in [-0.2, 0) is 15.3 Å². The zero-order valence-corrected chi connectivity index (χ0v) is 11.5. The second-order valence-corrected chi connectivity index (χ2v) is 4.92. The maximum Gasteiger partial charge on any atom is 0.319 e.